The molecule has 0 bridgehead atoms. The lowest BCUT2D eigenvalue weighted by Crippen LogP contribution is -2.57. The Hall–Kier alpha value is -0.693. The van der Waals surface area contributed by atoms with Crippen molar-refractivity contribution in [3.8, 4) is 0 Å². The summed E-state index contributed by atoms with van der Waals surface area (Å²) in [5.74, 6) is 0.0977. The molecule has 1 fully saturated rings. The smallest absolute Gasteiger partial charge is 0.200 e. The van der Waals surface area contributed by atoms with Gasteiger partial charge in [-0.2, -0.15) is 0 Å². The molecule has 0 aromatic heterocycles. The van der Waals surface area contributed by atoms with E-state index in [4.69, 9.17) is 4.43 Å². The van der Waals surface area contributed by atoms with Crippen molar-refractivity contribution in [1.82, 2.24) is 5.32 Å². The molecule has 1 aliphatic heterocycles. The van der Waals surface area contributed by atoms with E-state index < -0.39 is 18.2 Å². The molecule has 0 unspecified atom stereocenters. The first-order chi connectivity index (χ1) is 12.6. The van der Waals surface area contributed by atoms with Crippen LogP contribution in [0.5, 0.6) is 0 Å². The standard InChI is InChI=1S/C21H37NO3SSi/c1-16(2)27(17(3)4,18(5)6)25-21-13-10-14-22-20(21)15-26(23,24)19-11-8-7-9-12-19/h7-9,11-12,16-18,20-22H,10,13-15H2,1-6H3/t20-,21+/m1/s1. The molecule has 2 atom stereocenters. The molecule has 0 radical (unpaired) electrons. The largest absolute Gasteiger partial charge is 0.412 e. The van der Waals surface area contributed by atoms with Crippen molar-refractivity contribution in [1.29, 1.82) is 0 Å². The van der Waals surface area contributed by atoms with E-state index >= 15 is 0 Å². The zero-order valence-corrected chi connectivity index (χ0v) is 19.6. The van der Waals surface area contributed by atoms with Gasteiger partial charge in [-0.1, -0.05) is 59.7 Å². The van der Waals surface area contributed by atoms with Crippen molar-refractivity contribution < 1.29 is 12.8 Å². The SMILES string of the molecule is CC(C)[Si](O[C@H]1CCCN[C@@H]1CS(=O)(=O)c1ccccc1)(C(C)C)C(C)C. The highest BCUT2D eigenvalue weighted by molar-refractivity contribution is 7.91. The van der Waals surface area contributed by atoms with Gasteiger partial charge in [0.15, 0.2) is 9.84 Å². The Morgan fingerprint density at radius 2 is 1.59 bits per heavy atom. The number of nitrogens with one attached hydrogen (secondary N) is 1. The van der Waals surface area contributed by atoms with Crippen LogP contribution in [0, 0.1) is 0 Å². The van der Waals surface area contributed by atoms with Gasteiger partial charge in [0.05, 0.1) is 16.8 Å². The Morgan fingerprint density at radius 3 is 2.11 bits per heavy atom. The van der Waals surface area contributed by atoms with Crippen molar-refractivity contribution in [2.24, 2.45) is 0 Å². The normalized spacial score (nSPS) is 22.0. The van der Waals surface area contributed by atoms with E-state index in [9.17, 15) is 8.42 Å². The molecule has 4 nitrogen and oxygen atoms in total. The second-order valence-electron chi connectivity index (χ2n) is 8.77. The average molecular weight is 412 g/mol. The molecule has 0 amide bonds. The fourth-order valence-electron chi connectivity index (χ4n) is 4.86. The molecule has 154 valence electrons. The third-order valence-electron chi connectivity index (χ3n) is 6.08. The summed E-state index contributed by atoms with van der Waals surface area (Å²) in [7, 11) is -5.38. The van der Waals surface area contributed by atoms with E-state index in [0.717, 1.165) is 19.4 Å². The first kappa shape index (κ1) is 22.6. The quantitative estimate of drug-likeness (QED) is 0.626. The lowest BCUT2D eigenvalue weighted by Gasteiger charge is -2.47. The lowest BCUT2D eigenvalue weighted by molar-refractivity contribution is 0.108. The van der Waals surface area contributed by atoms with Crippen LogP contribution in [0.4, 0.5) is 0 Å². The van der Waals surface area contributed by atoms with Crippen LogP contribution < -0.4 is 5.32 Å². The first-order valence-electron chi connectivity index (χ1n) is 10.3. The molecule has 1 saturated heterocycles. The van der Waals surface area contributed by atoms with Crippen molar-refractivity contribution in [3.05, 3.63) is 30.3 Å². The van der Waals surface area contributed by atoms with Gasteiger partial charge >= 0.3 is 0 Å². The van der Waals surface area contributed by atoms with Gasteiger partial charge in [-0.05, 0) is 48.1 Å². The molecule has 27 heavy (non-hydrogen) atoms. The lowest BCUT2D eigenvalue weighted by atomic mass is 10.0. The van der Waals surface area contributed by atoms with Crippen LogP contribution in [0.2, 0.25) is 16.6 Å². The van der Waals surface area contributed by atoms with Crippen LogP contribution in [0.25, 0.3) is 0 Å². The van der Waals surface area contributed by atoms with Crippen molar-refractivity contribution in [3.63, 3.8) is 0 Å². The van der Waals surface area contributed by atoms with Crippen LogP contribution in [0.3, 0.4) is 0 Å². The predicted octanol–water partition coefficient (Wildman–Crippen LogP) is 4.77. The molecule has 0 spiro atoms. The second kappa shape index (κ2) is 9.20. The van der Waals surface area contributed by atoms with Gasteiger partial charge in [-0.15, -0.1) is 0 Å². The zero-order chi connectivity index (χ0) is 20.2. The molecule has 0 aliphatic carbocycles. The summed E-state index contributed by atoms with van der Waals surface area (Å²) in [5.41, 5.74) is 1.47. The van der Waals surface area contributed by atoms with Gasteiger partial charge in [-0.25, -0.2) is 8.42 Å². The van der Waals surface area contributed by atoms with Gasteiger partial charge < -0.3 is 9.74 Å². The Kier molecular flexibility index (Phi) is 7.70. The van der Waals surface area contributed by atoms with Gasteiger partial charge in [0.2, 0.25) is 8.32 Å². The summed E-state index contributed by atoms with van der Waals surface area (Å²) in [4.78, 5) is 0.399. The molecule has 1 N–H and O–H groups in total. The van der Waals surface area contributed by atoms with Gasteiger partial charge in [0, 0.05) is 6.04 Å². The maximum absolute atomic E-state index is 12.9. The molecule has 1 aromatic rings. The van der Waals surface area contributed by atoms with Crippen LogP contribution in [0.15, 0.2) is 35.2 Å². The Bertz CT molecular complexity index is 667. The van der Waals surface area contributed by atoms with Gasteiger partial charge in [0.1, 0.15) is 0 Å². The Labute approximate surface area is 167 Å². The highest BCUT2D eigenvalue weighted by atomic mass is 32.2. The molecule has 1 heterocycles. The van der Waals surface area contributed by atoms with E-state index in [-0.39, 0.29) is 17.9 Å². The molecule has 1 aromatic carbocycles. The highest BCUT2D eigenvalue weighted by Gasteiger charge is 2.48. The number of rotatable bonds is 8. The van der Waals surface area contributed by atoms with Crippen LogP contribution in [-0.2, 0) is 14.3 Å². The Balaban J connectivity index is 2.26. The molecule has 6 heteroatoms. The van der Waals surface area contributed by atoms with Gasteiger partial charge in [-0.3, -0.25) is 0 Å². The molecular formula is C21H37NO3SSi. The maximum atomic E-state index is 12.9. The first-order valence-corrected chi connectivity index (χ1v) is 14.1. The summed E-state index contributed by atoms with van der Waals surface area (Å²) >= 11 is 0. The third-order valence-corrected chi connectivity index (χ3v) is 14.0. The van der Waals surface area contributed by atoms with Crippen molar-refractivity contribution >= 4 is 18.2 Å². The van der Waals surface area contributed by atoms with Crippen LogP contribution in [-0.4, -0.2) is 41.2 Å². The Morgan fingerprint density at radius 1 is 1.04 bits per heavy atom. The summed E-state index contributed by atoms with van der Waals surface area (Å²) in [5, 5.41) is 3.45. The fourth-order valence-corrected chi connectivity index (χ4v) is 12.1. The minimum absolute atomic E-state index is 0.0314. The summed E-state index contributed by atoms with van der Waals surface area (Å²) in [6.45, 7) is 14.5. The van der Waals surface area contributed by atoms with Crippen LogP contribution in [0.1, 0.15) is 54.4 Å². The number of hydrogen-bond acceptors (Lipinski definition) is 4. The zero-order valence-electron chi connectivity index (χ0n) is 17.7. The third kappa shape index (κ3) is 5.02. The second-order valence-corrected chi connectivity index (χ2v) is 16.2. The topological polar surface area (TPSA) is 55.4 Å². The summed E-state index contributed by atoms with van der Waals surface area (Å²) < 4.78 is 32.8. The van der Waals surface area contributed by atoms with E-state index in [1.807, 2.05) is 6.07 Å². The van der Waals surface area contributed by atoms with E-state index in [2.05, 4.69) is 46.9 Å². The fraction of sp³-hybridized carbons (Fsp3) is 0.714. The van der Waals surface area contributed by atoms with Crippen molar-refractivity contribution in [2.45, 2.75) is 88.0 Å². The molecule has 1 aliphatic rings. The maximum Gasteiger partial charge on any atom is 0.200 e. The van der Waals surface area contributed by atoms with E-state index in [1.54, 1.807) is 24.3 Å². The monoisotopic (exact) mass is 411 g/mol. The predicted molar refractivity (Wildman–Crippen MR) is 115 cm³/mol. The molecule has 2 rings (SSSR count). The number of piperidine rings is 1. The van der Waals surface area contributed by atoms with Crippen molar-refractivity contribution in [2.75, 3.05) is 12.3 Å². The van der Waals surface area contributed by atoms with Gasteiger partial charge in [0.25, 0.3) is 0 Å². The van der Waals surface area contributed by atoms with E-state index in [1.165, 1.54) is 0 Å². The summed E-state index contributed by atoms with van der Waals surface area (Å²) in [6, 6.07) is 8.63. The number of hydrogen-bond donors (Lipinski definition) is 1. The minimum Gasteiger partial charge on any atom is -0.412 e. The number of sulfone groups is 1. The summed E-state index contributed by atoms with van der Waals surface area (Å²) in [6.07, 6.45) is 1.94. The van der Waals surface area contributed by atoms with Crippen LogP contribution >= 0.6 is 0 Å². The van der Waals surface area contributed by atoms with E-state index in [0.29, 0.717) is 21.5 Å². The molecular weight excluding hydrogens is 374 g/mol. The minimum atomic E-state index is -3.34. The highest BCUT2D eigenvalue weighted by Crippen LogP contribution is 2.44. The average Bonchev–Trinajstić information content (AvgIpc) is 2.60. The number of benzene rings is 1. The molecule has 0 saturated carbocycles.